The lowest BCUT2D eigenvalue weighted by molar-refractivity contribution is 0.0990. The third-order valence-electron chi connectivity index (χ3n) is 2.97. The maximum absolute atomic E-state index is 12.4. The minimum absolute atomic E-state index is 0.0171. The second-order valence-electron chi connectivity index (χ2n) is 4.42. The van der Waals surface area contributed by atoms with Gasteiger partial charge in [0.2, 0.25) is 0 Å². The monoisotopic (exact) mass is 418 g/mol. The highest BCUT2D eigenvalue weighted by Crippen LogP contribution is 2.24. The summed E-state index contributed by atoms with van der Waals surface area (Å²) in [4.78, 5) is 12.4. The Morgan fingerprint density at radius 2 is 2.05 bits per heavy atom. The van der Waals surface area contributed by atoms with Gasteiger partial charge < -0.3 is 0 Å². The SMILES string of the molecule is CCn1nc(C)c(Br)c1CC(=O)c1cc(Cl)cc(Br)c1. The van der Waals surface area contributed by atoms with Crippen LogP contribution in [0.1, 0.15) is 28.7 Å². The first-order valence-corrected chi connectivity index (χ1v) is 8.09. The van der Waals surface area contributed by atoms with Crippen molar-refractivity contribution in [2.75, 3.05) is 0 Å². The molecule has 0 spiro atoms. The van der Waals surface area contributed by atoms with E-state index in [0.717, 1.165) is 26.9 Å². The molecule has 0 atom stereocenters. The maximum atomic E-state index is 12.4. The van der Waals surface area contributed by atoms with E-state index in [1.54, 1.807) is 18.2 Å². The van der Waals surface area contributed by atoms with Crippen molar-refractivity contribution in [2.45, 2.75) is 26.8 Å². The first-order valence-electron chi connectivity index (χ1n) is 6.13. The van der Waals surface area contributed by atoms with E-state index in [1.807, 2.05) is 18.5 Å². The lowest BCUT2D eigenvalue weighted by atomic mass is 10.1. The van der Waals surface area contributed by atoms with Gasteiger partial charge in [0.05, 0.1) is 22.3 Å². The normalized spacial score (nSPS) is 10.8. The number of aryl methyl sites for hydroxylation is 2. The third kappa shape index (κ3) is 3.32. The number of aromatic nitrogens is 2. The van der Waals surface area contributed by atoms with Gasteiger partial charge in [0.1, 0.15) is 0 Å². The number of hydrogen-bond acceptors (Lipinski definition) is 2. The van der Waals surface area contributed by atoms with E-state index in [2.05, 4.69) is 37.0 Å². The standard InChI is InChI=1S/C14H13Br2ClN2O/c1-3-19-12(14(16)8(2)18-19)7-13(20)9-4-10(15)6-11(17)5-9/h4-6H,3,7H2,1-2H3. The number of nitrogens with zero attached hydrogens (tertiary/aromatic N) is 2. The van der Waals surface area contributed by atoms with Crippen LogP contribution in [0.5, 0.6) is 0 Å². The molecule has 1 aromatic carbocycles. The highest BCUT2D eigenvalue weighted by atomic mass is 79.9. The van der Waals surface area contributed by atoms with Crippen LogP contribution in [0.25, 0.3) is 0 Å². The second-order valence-corrected chi connectivity index (χ2v) is 6.57. The van der Waals surface area contributed by atoms with Crippen LogP contribution >= 0.6 is 43.5 Å². The van der Waals surface area contributed by atoms with Gasteiger partial charge in [0, 0.05) is 21.6 Å². The number of ketones is 1. The molecule has 6 heteroatoms. The Balaban J connectivity index is 2.32. The van der Waals surface area contributed by atoms with E-state index >= 15 is 0 Å². The van der Waals surface area contributed by atoms with Crippen LogP contribution in [0.4, 0.5) is 0 Å². The summed E-state index contributed by atoms with van der Waals surface area (Å²) < 4.78 is 3.54. The number of halogens is 3. The maximum Gasteiger partial charge on any atom is 0.168 e. The second kappa shape index (κ2) is 6.41. The summed E-state index contributed by atoms with van der Waals surface area (Å²) in [6.45, 7) is 4.65. The molecule has 0 unspecified atom stereocenters. The van der Waals surface area contributed by atoms with Gasteiger partial charge in [-0.1, -0.05) is 27.5 Å². The fraction of sp³-hybridized carbons (Fsp3) is 0.286. The van der Waals surface area contributed by atoms with Crippen molar-refractivity contribution in [1.82, 2.24) is 9.78 Å². The lowest BCUT2D eigenvalue weighted by Crippen LogP contribution is -2.10. The van der Waals surface area contributed by atoms with Crippen molar-refractivity contribution in [3.8, 4) is 0 Å². The van der Waals surface area contributed by atoms with Crippen molar-refractivity contribution in [2.24, 2.45) is 0 Å². The van der Waals surface area contributed by atoms with Gasteiger partial charge in [0.25, 0.3) is 0 Å². The number of carbonyl (C=O) groups is 1. The molecule has 2 rings (SSSR count). The molecule has 0 aliphatic rings. The van der Waals surface area contributed by atoms with E-state index in [1.165, 1.54) is 0 Å². The summed E-state index contributed by atoms with van der Waals surface area (Å²) in [5.74, 6) is 0.0171. The molecule has 1 heterocycles. The molecule has 0 saturated carbocycles. The summed E-state index contributed by atoms with van der Waals surface area (Å²) in [6, 6.07) is 5.22. The molecule has 3 nitrogen and oxygen atoms in total. The van der Waals surface area contributed by atoms with Crippen LogP contribution < -0.4 is 0 Å². The molecule has 2 aromatic rings. The molecule has 0 amide bonds. The summed E-state index contributed by atoms with van der Waals surface area (Å²) in [6.07, 6.45) is 0.294. The van der Waals surface area contributed by atoms with Crippen LogP contribution in [0.2, 0.25) is 5.02 Å². The van der Waals surface area contributed by atoms with Crippen molar-refractivity contribution in [1.29, 1.82) is 0 Å². The van der Waals surface area contributed by atoms with Crippen LogP contribution in [0.15, 0.2) is 27.1 Å². The predicted molar refractivity (Wildman–Crippen MR) is 87.5 cm³/mol. The molecule has 0 fully saturated rings. The largest absolute Gasteiger partial charge is 0.294 e. The summed E-state index contributed by atoms with van der Waals surface area (Å²) in [5, 5.41) is 4.94. The van der Waals surface area contributed by atoms with Crippen LogP contribution in [-0.2, 0) is 13.0 Å². The zero-order valence-electron chi connectivity index (χ0n) is 11.1. The van der Waals surface area contributed by atoms with Crippen molar-refractivity contribution in [3.63, 3.8) is 0 Å². The molecule has 0 bridgehead atoms. The molecule has 1 aromatic heterocycles. The minimum atomic E-state index is 0.0171. The molecular weight excluding hydrogens is 407 g/mol. The predicted octanol–water partition coefficient (Wildman–Crippen LogP) is 4.82. The van der Waals surface area contributed by atoms with E-state index in [-0.39, 0.29) is 5.78 Å². The fourth-order valence-corrected chi connectivity index (χ4v) is 3.29. The average Bonchev–Trinajstić information content (AvgIpc) is 2.65. The van der Waals surface area contributed by atoms with E-state index in [0.29, 0.717) is 17.0 Å². The quantitative estimate of drug-likeness (QED) is 0.665. The number of carbonyl (C=O) groups excluding carboxylic acids is 1. The Hall–Kier alpha value is -0.650. The third-order valence-corrected chi connectivity index (χ3v) is 4.67. The zero-order chi connectivity index (χ0) is 14.9. The van der Waals surface area contributed by atoms with Crippen molar-refractivity contribution in [3.05, 3.63) is 49.1 Å². The smallest absolute Gasteiger partial charge is 0.168 e. The van der Waals surface area contributed by atoms with Gasteiger partial charge in [-0.15, -0.1) is 0 Å². The average molecular weight is 421 g/mol. The van der Waals surface area contributed by atoms with Crippen molar-refractivity contribution >= 4 is 49.2 Å². The topological polar surface area (TPSA) is 34.9 Å². The zero-order valence-corrected chi connectivity index (χ0v) is 15.0. The first kappa shape index (κ1) is 15.7. The van der Waals surface area contributed by atoms with Crippen LogP contribution in [0.3, 0.4) is 0 Å². The summed E-state index contributed by atoms with van der Waals surface area (Å²) >= 11 is 12.8. The van der Waals surface area contributed by atoms with Gasteiger partial charge >= 0.3 is 0 Å². The number of Topliss-reactive ketones (excluding diaryl/α,β-unsaturated/α-hetero) is 1. The molecule has 0 N–H and O–H groups in total. The summed E-state index contributed by atoms with van der Waals surface area (Å²) in [5.41, 5.74) is 2.38. The van der Waals surface area contributed by atoms with Crippen molar-refractivity contribution < 1.29 is 4.79 Å². The van der Waals surface area contributed by atoms with E-state index in [4.69, 9.17) is 11.6 Å². The number of rotatable bonds is 4. The molecule has 0 aliphatic carbocycles. The van der Waals surface area contributed by atoms with Crippen LogP contribution in [-0.4, -0.2) is 15.6 Å². The Kier molecular flexibility index (Phi) is 5.04. The minimum Gasteiger partial charge on any atom is -0.294 e. The Morgan fingerprint density at radius 3 is 2.65 bits per heavy atom. The van der Waals surface area contributed by atoms with Gasteiger partial charge in [-0.25, -0.2) is 0 Å². The highest BCUT2D eigenvalue weighted by Gasteiger charge is 2.17. The van der Waals surface area contributed by atoms with E-state index < -0.39 is 0 Å². The van der Waals surface area contributed by atoms with Gasteiger partial charge in [-0.05, 0) is 48.0 Å². The Morgan fingerprint density at radius 1 is 1.35 bits per heavy atom. The Bertz CT molecular complexity index is 647. The van der Waals surface area contributed by atoms with Gasteiger partial charge in [-0.3, -0.25) is 9.48 Å². The molecule has 0 saturated heterocycles. The molecule has 0 aliphatic heterocycles. The fourth-order valence-electron chi connectivity index (χ4n) is 2.01. The van der Waals surface area contributed by atoms with E-state index in [9.17, 15) is 4.79 Å². The lowest BCUT2D eigenvalue weighted by Gasteiger charge is -2.06. The van der Waals surface area contributed by atoms with Gasteiger partial charge in [0.15, 0.2) is 5.78 Å². The van der Waals surface area contributed by atoms with Gasteiger partial charge in [-0.2, -0.15) is 5.10 Å². The molecule has 20 heavy (non-hydrogen) atoms. The first-order chi connectivity index (χ1) is 9.42. The molecular formula is C14H13Br2ClN2O. The van der Waals surface area contributed by atoms with Crippen LogP contribution in [0, 0.1) is 6.92 Å². The Labute approximate surface area is 139 Å². The number of hydrogen-bond donors (Lipinski definition) is 0. The molecule has 0 radical (unpaired) electrons. The highest BCUT2D eigenvalue weighted by molar-refractivity contribution is 9.10. The molecule has 106 valence electrons. The summed E-state index contributed by atoms with van der Waals surface area (Å²) in [7, 11) is 0. The number of benzene rings is 1.